The van der Waals surface area contributed by atoms with Crippen molar-refractivity contribution in [1.29, 1.82) is 0 Å². The summed E-state index contributed by atoms with van der Waals surface area (Å²) in [5.74, 6) is 2.95. The Morgan fingerprint density at radius 2 is 1.55 bits per heavy atom. The summed E-state index contributed by atoms with van der Waals surface area (Å²) in [7, 11) is 1.67. The minimum absolute atomic E-state index is 0. The van der Waals surface area contributed by atoms with Crippen LogP contribution in [0.3, 0.4) is 0 Å². The molecule has 262 valence electrons. The van der Waals surface area contributed by atoms with Crippen LogP contribution in [0.4, 0.5) is 0 Å². The third-order valence-corrected chi connectivity index (χ3v) is 9.41. The Hall–Kier alpha value is -4.70. The Morgan fingerprint density at radius 1 is 0.804 bits per heavy atom. The number of aromatic nitrogens is 4. The minimum atomic E-state index is 0. The van der Waals surface area contributed by atoms with E-state index in [0.29, 0.717) is 11.5 Å². The van der Waals surface area contributed by atoms with Crippen molar-refractivity contribution in [3.63, 3.8) is 0 Å². The van der Waals surface area contributed by atoms with Gasteiger partial charge in [-0.1, -0.05) is 75.5 Å². The maximum Gasteiger partial charge on any atom is 2.00 e. The van der Waals surface area contributed by atoms with Crippen molar-refractivity contribution in [3.8, 4) is 39.9 Å². The van der Waals surface area contributed by atoms with E-state index in [1.165, 1.54) is 33.5 Å². The number of benzene rings is 4. The number of rotatable bonds is 10. The fraction of sp³-hybridized carbons (Fsp3) is 0.273. The zero-order valence-electron chi connectivity index (χ0n) is 30.6. The van der Waals surface area contributed by atoms with Crippen molar-refractivity contribution in [2.24, 2.45) is 0 Å². The average molecular weight is 767 g/mol. The molecule has 0 saturated carbocycles. The zero-order valence-corrected chi connectivity index (χ0v) is 32.2. The smallest absolute Gasteiger partial charge is 0.509 e. The van der Waals surface area contributed by atoms with Gasteiger partial charge in [-0.2, -0.15) is 16.7 Å². The SMILES string of the molecule is CCCCc1c(-c2c(C)cc(C)cc2C)c(C(C)C)nn1-c1[c-]c(Oc2[c-]c3c(cc2)c2ccccc2n3-c2cc(OC)ccn2)cc(C)c1.[Pd+2]. The van der Waals surface area contributed by atoms with Crippen LogP contribution in [0.25, 0.3) is 44.4 Å². The Labute approximate surface area is 315 Å². The first kappa shape index (κ1) is 36.1. The molecule has 7 rings (SSSR count). The number of aryl methyl sites for hydroxylation is 4. The van der Waals surface area contributed by atoms with Crippen molar-refractivity contribution in [1.82, 2.24) is 19.3 Å². The molecule has 0 bridgehead atoms. The van der Waals surface area contributed by atoms with Gasteiger partial charge < -0.3 is 14.0 Å². The van der Waals surface area contributed by atoms with Crippen LogP contribution in [0.15, 0.2) is 79.0 Å². The van der Waals surface area contributed by atoms with E-state index in [1.54, 1.807) is 13.3 Å². The number of para-hydroxylation sites is 1. The molecule has 0 radical (unpaired) electrons. The summed E-state index contributed by atoms with van der Waals surface area (Å²) in [4.78, 5) is 4.69. The third-order valence-electron chi connectivity index (χ3n) is 9.41. The van der Waals surface area contributed by atoms with Crippen LogP contribution in [0.1, 0.15) is 73.2 Å². The van der Waals surface area contributed by atoms with E-state index in [4.69, 9.17) is 19.6 Å². The number of nitrogens with zero attached hydrogens (tertiary/aromatic N) is 4. The summed E-state index contributed by atoms with van der Waals surface area (Å²) in [6, 6.07) is 32.1. The van der Waals surface area contributed by atoms with Gasteiger partial charge in [0.2, 0.25) is 0 Å². The predicted octanol–water partition coefficient (Wildman–Crippen LogP) is 11.1. The molecule has 51 heavy (non-hydrogen) atoms. The molecule has 0 N–H and O–H groups in total. The van der Waals surface area contributed by atoms with Crippen LogP contribution < -0.4 is 9.47 Å². The molecule has 3 heterocycles. The first-order chi connectivity index (χ1) is 24.2. The Bertz CT molecular complexity index is 2340. The van der Waals surface area contributed by atoms with Crippen molar-refractivity contribution in [2.75, 3.05) is 7.11 Å². The summed E-state index contributed by atoms with van der Waals surface area (Å²) in [5.41, 5.74) is 12.6. The van der Waals surface area contributed by atoms with E-state index >= 15 is 0 Å². The molecule has 0 aliphatic heterocycles. The maximum atomic E-state index is 6.59. The van der Waals surface area contributed by atoms with E-state index < -0.39 is 0 Å². The largest absolute Gasteiger partial charge is 2.00 e. The second-order valence-corrected chi connectivity index (χ2v) is 13.7. The van der Waals surface area contributed by atoms with E-state index in [9.17, 15) is 0 Å². The van der Waals surface area contributed by atoms with Crippen molar-refractivity contribution in [3.05, 3.63) is 125 Å². The van der Waals surface area contributed by atoms with Crippen LogP contribution in [0.2, 0.25) is 0 Å². The Balaban J connectivity index is 0.00000448. The summed E-state index contributed by atoms with van der Waals surface area (Å²) >= 11 is 0. The Morgan fingerprint density at radius 3 is 2.27 bits per heavy atom. The van der Waals surface area contributed by atoms with Gasteiger partial charge in [-0.15, -0.1) is 35.7 Å². The molecule has 3 aromatic heterocycles. The summed E-state index contributed by atoms with van der Waals surface area (Å²) in [6.07, 6.45) is 4.85. The van der Waals surface area contributed by atoms with Gasteiger partial charge in [0, 0.05) is 40.5 Å². The fourth-order valence-corrected chi connectivity index (χ4v) is 7.27. The number of pyridine rings is 1. The zero-order chi connectivity index (χ0) is 35.1. The fourth-order valence-electron chi connectivity index (χ4n) is 7.27. The standard InChI is InChI=1S/C44H44N4O2.Pd/c1-9-10-14-39-43(42-30(6)20-28(4)21-31(42)7)44(27(2)3)46-48(39)32-22-29(5)23-35(24-32)50-34-16-17-37-36-13-11-12-15-38(36)47(40(37)25-34)41-26-33(49-8)18-19-45-41;/h11-13,15-23,26-27H,9-10,14H2,1-8H3;/q-2;+2. The summed E-state index contributed by atoms with van der Waals surface area (Å²) < 4.78 is 16.4. The molecular formula is C44H44N4O2Pd. The second kappa shape index (κ2) is 14.9. The molecule has 0 spiro atoms. The normalized spacial score (nSPS) is 11.4. The first-order valence-corrected chi connectivity index (χ1v) is 17.5. The topological polar surface area (TPSA) is 54.1 Å². The van der Waals surface area contributed by atoms with Crippen molar-refractivity contribution >= 4 is 21.8 Å². The molecule has 0 fully saturated rings. The van der Waals surface area contributed by atoms with Gasteiger partial charge >= 0.3 is 20.4 Å². The molecule has 0 saturated heterocycles. The molecule has 6 nitrogen and oxygen atoms in total. The quantitative estimate of drug-likeness (QED) is 0.103. The van der Waals surface area contributed by atoms with Crippen LogP contribution >= 0.6 is 0 Å². The van der Waals surface area contributed by atoms with Gasteiger partial charge in [-0.3, -0.25) is 4.68 Å². The van der Waals surface area contributed by atoms with Gasteiger partial charge in [0.15, 0.2) is 0 Å². The number of fused-ring (bicyclic) bond motifs is 3. The number of ether oxygens (including phenoxy) is 2. The van der Waals surface area contributed by atoms with Crippen molar-refractivity contribution < 1.29 is 29.9 Å². The van der Waals surface area contributed by atoms with Gasteiger partial charge in [0.25, 0.3) is 0 Å². The van der Waals surface area contributed by atoms with Crippen LogP contribution in [-0.4, -0.2) is 26.4 Å². The molecule has 0 aliphatic carbocycles. The number of unbranched alkanes of at least 4 members (excludes halogenated alkanes) is 1. The number of hydrogen-bond donors (Lipinski definition) is 0. The van der Waals surface area contributed by atoms with Gasteiger partial charge in [0.1, 0.15) is 11.6 Å². The number of methoxy groups -OCH3 is 1. The predicted molar refractivity (Wildman–Crippen MR) is 204 cm³/mol. The Kier molecular flexibility index (Phi) is 10.5. The first-order valence-electron chi connectivity index (χ1n) is 17.5. The molecule has 0 atom stereocenters. The third kappa shape index (κ3) is 6.86. The van der Waals surface area contributed by atoms with Gasteiger partial charge in [0.05, 0.1) is 12.8 Å². The van der Waals surface area contributed by atoms with E-state index in [-0.39, 0.29) is 26.3 Å². The molecule has 0 unspecified atom stereocenters. The average Bonchev–Trinajstić information content (AvgIpc) is 3.62. The van der Waals surface area contributed by atoms with Crippen LogP contribution in [0, 0.1) is 39.8 Å². The molecule has 7 aromatic rings. The number of hydrogen-bond acceptors (Lipinski definition) is 4. The van der Waals surface area contributed by atoms with E-state index in [0.717, 1.165) is 69.6 Å². The van der Waals surface area contributed by atoms with E-state index in [1.807, 2.05) is 30.3 Å². The minimum Gasteiger partial charge on any atom is -0.509 e. The van der Waals surface area contributed by atoms with Crippen LogP contribution in [0.5, 0.6) is 17.2 Å². The molecule has 0 aliphatic rings. The van der Waals surface area contributed by atoms with Gasteiger partial charge in [-0.25, -0.2) is 4.98 Å². The molecule has 7 heteroatoms. The van der Waals surface area contributed by atoms with Crippen LogP contribution in [-0.2, 0) is 26.8 Å². The molecule has 0 amide bonds. The monoisotopic (exact) mass is 766 g/mol. The van der Waals surface area contributed by atoms with Gasteiger partial charge in [-0.05, 0) is 79.4 Å². The maximum absolute atomic E-state index is 6.59. The second-order valence-electron chi connectivity index (χ2n) is 13.7. The molecule has 4 aromatic carbocycles. The summed E-state index contributed by atoms with van der Waals surface area (Å²) in [5, 5.41) is 7.52. The van der Waals surface area contributed by atoms with Crippen molar-refractivity contribution in [2.45, 2.75) is 73.6 Å². The molecular weight excluding hydrogens is 723 g/mol. The summed E-state index contributed by atoms with van der Waals surface area (Å²) in [6.45, 7) is 15.4. The van der Waals surface area contributed by atoms with E-state index in [2.05, 4.69) is 112 Å².